The number of guanidine groups is 1. The van der Waals surface area contributed by atoms with Crippen LogP contribution in [-0.2, 0) is 9.84 Å². The van der Waals surface area contributed by atoms with Crippen LogP contribution in [0.5, 0.6) is 0 Å². The molecule has 25 heavy (non-hydrogen) atoms. The Labute approximate surface area is 173 Å². The van der Waals surface area contributed by atoms with Crippen molar-refractivity contribution in [2.75, 3.05) is 18.1 Å². The van der Waals surface area contributed by atoms with E-state index in [1.165, 1.54) is 0 Å². The Morgan fingerprint density at radius 3 is 2.60 bits per heavy atom. The van der Waals surface area contributed by atoms with Crippen molar-refractivity contribution < 1.29 is 8.42 Å². The van der Waals surface area contributed by atoms with Gasteiger partial charge in [0.05, 0.1) is 17.5 Å². The maximum Gasteiger partial charge on any atom is 0.191 e. The van der Waals surface area contributed by atoms with Crippen molar-refractivity contribution in [1.29, 1.82) is 0 Å². The Bertz CT molecular complexity index is 695. The molecule has 1 aromatic carbocycles. The van der Waals surface area contributed by atoms with E-state index in [-0.39, 0.29) is 53.5 Å². The minimum Gasteiger partial charge on any atom is -0.354 e. The summed E-state index contributed by atoms with van der Waals surface area (Å²) in [5.41, 5.74) is 1.07. The van der Waals surface area contributed by atoms with Crippen LogP contribution in [0.15, 0.2) is 29.3 Å². The summed E-state index contributed by atoms with van der Waals surface area (Å²) in [6.07, 6.45) is 0.699. The van der Waals surface area contributed by atoms with Gasteiger partial charge in [0, 0.05) is 17.6 Å². The first-order chi connectivity index (χ1) is 11.2. The highest BCUT2D eigenvalue weighted by molar-refractivity contribution is 14.0. The molecule has 8 heteroatoms. The van der Waals surface area contributed by atoms with E-state index in [0.717, 1.165) is 5.56 Å². The zero-order valence-corrected chi connectivity index (χ0v) is 18.7. The summed E-state index contributed by atoms with van der Waals surface area (Å²) in [5.74, 6) is 1.34. The molecule has 0 aliphatic carbocycles. The van der Waals surface area contributed by atoms with E-state index in [2.05, 4.69) is 15.6 Å². The maximum absolute atomic E-state index is 11.6. The molecule has 0 spiro atoms. The van der Waals surface area contributed by atoms with Gasteiger partial charge < -0.3 is 10.6 Å². The number of nitrogens with one attached hydrogen (secondary N) is 2. The molecule has 5 nitrogen and oxygen atoms in total. The fraction of sp³-hybridized carbons (Fsp3) is 0.588. The van der Waals surface area contributed by atoms with E-state index in [9.17, 15) is 8.42 Å². The maximum atomic E-state index is 11.6. The Morgan fingerprint density at radius 2 is 2.04 bits per heavy atom. The van der Waals surface area contributed by atoms with Crippen molar-refractivity contribution in [3.8, 4) is 0 Å². The molecule has 1 aromatic rings. The van der Waals surface area contributed by atoms with Gasteiger partial charge in [-0.25, -0.2) is 8.42 Å². The van der Waals surface area contributed by atoms with Crippen LogP contribution in [0.25, 0.3) is 0 Å². The van der Waals surface area contributed by atoms with Crippen LogP contribution in [-0.4, -0.2) is 38.5 Å². The quantitative estimate of drug-likeness (QED) is 0.370. The monoisotopic (exact) mass is 499 g/mol. The molecule has 0 amide bonds. The molecule has 2 unspecified atom stereocenters. The molecule has 2 N–H and O–H groups in total. The molecule has 0 saturated carbocycles. The molecule has 2 rings (SSSR count). The van der Waals surface area contributed by atoms with Crippen molar-refractivity contribution in [3.63, 3.8) is 0 Å². The predicted molar refractivity (Wildman–Crippen MR) is 116 cm³/mol. The normalized spacial score (nSPS) is 20.8. The molecule has 0 aromatic heterocycles. The SMILES string of the molecule is CC(C)NC(=NCC1CCS(=O)(=O)C1)NC(C)c1cccc(Cl)c1.I. The number of aliphatic imine (C=N–C) groups is 1. The second-order valence-corrected chi connectivity index (χ2v) is 9.34. The Balaban J connectivity index is 0.00000312. The molecule has 0 radical (unpaired) electrons. The van der Waals surface area contributed by atoms with Crippen molar-refractivity contribution in [3.05, 3.63) is 34.9 Å². The Morgan fingerprint density at radius 1 is 1.32 bits per heavy atom. The third-order valence-corrected chi connectivity index (χ3v) is 6.03. The van der Waals surface area contributed by atoms with Crippen LogP contribution in [0.1, 0.15) is 38.8 Å². The van der Waals surface area contributed by atoms with Crippen molar-refractivity contribution >= 4 is 51.4 Å². The first kappa shape index (κ1) is 22.5. The summed E-state index contributed by atoms with van der Waals surface area (Å²) in [6.45, 7) is 6.65. The second kappa shape index (κ2) is 9.97. The van der Waals surface area contributed by atoms with Gasteiger partial charge in [-0.05, 0) is 50.8 Å². The van der Waals surface area contributed by atoms with Crippen molar-refractivity contribution in [2.45, 2.75) is 39.3 Å². The van der Waals surface area contributed by atoms with Gasteiger partial charge in [0.25, 0.3) is 0 Å². The zero-order chi connectivity index (χ0) is 17.7. The number of halogens is 2. The van der Waals surface area contributed by atoms with Crippen LogP contribution in [0.2, 0.25) is 5.02 Å². The summed E-state index contributed by atoms with van der Waals surface area (Å²) in [7, 11) is -2.86. The number of hydrogen-bond donors (Lipinski definition) is 2. The van der Waals surface area contributed by atoms with Gasteiger partial charge in [0.2, 0.25) is 0 Å². The third-order valence-electron chi connectivity index (χ3n) is 3.96. The fourth-order valence-corrected chi connectivity index (χ4v) is 4.76. The summed E-state index contributed by atoms with van der Waals surface area (Å²) in [4.78, 5) is 4.60. The largest absolute Gasteiger partial charge is 0.354 e. The highest BCUT2D eigenvalue weighted by Crippen LogP contribution is 2.19. The molecule has 1 aliphatic heterocycles. The van der Waals surface area contributed by atoms with Crippen LogP contribution >= 0.6 is 35.6 Å². The van der Waals surface area contributed by atoms with Crippen molar-refractivity contribution in [2.24, 2.45) is 10.9 Å². The minimum absolute atomic E-state index is 0. The van der Waals surface area contributed by atoms with Crippen LogP contribution in [0.3, 0.4) is 0 Å². The lowest BCUT2D eigenvalue weighted by Gasteiger charge is -2.21. The van der Waals surface area contributed by atoms with Gasteiger partial charge in [-0.15, -0.1) is 24.0 Å². The Hall–Kier alpha value is -0.540. The van der Waals surface area contributed by atoms with Crippen LogP contribution < -0.4 is 10.6 Å². The van der Waals surface area contributed by atoms with E-state index >= 15 is 0 Å². The van der Waals surface area contributed by atoms with Gasteiger partial charge in [-0.1, -0.05) is 23.7 Å². The van der Waals surface area contributed by atoms with E-state index in [0.29, 0.717) is 23.9 Å². The fourth-order valence-electron chi connectivity index (χ4n) is 2.71. The highest BCUT2D eigenvalue weighted by atomic mass is 127. The van der Waals surface area contributed by atoms with E-state index in [1.807, 2.05) is 45.0 Å². The molecule has 2 atom stereocenters. The first-order valence-electron chi connectivity index (χ1n) is 8.28. The van der Waals surface area contributed by atoms with E-state index < -0.39 is 9.84 Å². The Kier molecular flexibility index (Phi) is 8.97. The third kappa shape index (κ3) is 7.70. The minimum atomic E-state index is -2.86. The lowest BCUT2D eigenvalue weighted by Crippen LogP contribution is -2.42. The lowest BCUT2D eigenvalue weighted by molar-refractivity contribution is 0.584. The van der Waals surface area contributed by atoms with Crippen LogP contribution in [0.4, 0.5) is 0 Å². The van der Waals surface area contributed by atoms with E-state index in [4.69, 9.17) is 11.6 Å². The van der Waals surface area contributed by atoms with Gasteiger partial charge in [0.1, 0.15) is 0 Å². The predicted octanol–water partition coefficient (Wildman–Crippen LogP) is 3.40. The highest BCUT2D eigenvalue weighted by Gasteiger charge is 2.27. The molecular weight excluding hydrogens is 473 g/mol. The van der Waals surface area contributed by atoms with Gasteiger partial charge in [0.15, 0.2) is 15.8 Å². The molecular formula is C17H27ClIN3O2S. The first-order valence-corrected chi connectivity index (χ1v) is 10.5. The zero-order valence-electron chi connectivity index (χ0n) is 14.8. The summed E-state index contributed by atoms with van der Waals surface area (Å²) in [6, 6.07) is 7.98. The number of hydrogen-bond acceptors (Lipinski definition) is 3. The summed E-state index contributed by atoms with van der Waals surface area (Å²) >= 11 is 6.05. The van der Waals surface area contributed by atoms with Crippen molar-refractivity contribution in [1.82, 2.24) is 10.6 Å². The number of benzene rings is 1. The van der Waals surface area contributed by atoms with Gasteiger partial charge in [-0.3, -0.25) is 4.99 Å². The summed E-state index contributed by atoms with van der Waals surface area (Å²) < 4.78 is 23.1. The average Bonchev–Trinajstić information content (AvgIpc) is 2.83. The smallest absolute Gasteiger partial charge is 0.191 e. The number of rotatable bonds is 5. The topological polar surface area (TPSA) is 70.6 Å². The standard InChI is InChI=1S/C17H26ClN3O2S.HI/c1-12(2)20-17(19-10-14-7-8-24(22,23)11-14)21-13(3)15-5-4-6-16(18)9-15;/h4-6,9,12-14H,7-8,10-11H2,1-3H3,(H2,19,20,21);1H. The molecule has 0 bridgehead atoms. The van der Waals surface area contributed by atoms with E-state index in [1.54, 1.807) is 0 Å². The molecule has 142 valence electrons. The number of nitrogens with zero attached hydrogens (tertiary/aromatic N) is 1. The molecule has 1 saturated heterocycles. The molecule has 1 aliphatic rings. The van der Waals surface area contributed by atoms with Gasteiger partial charge >= 0.3 is 0 Å². The van der Waals surface area contributed by atoms with Crippen LogP contribution in [0, 0.1) is 5.92 Å². The number of sulfone groups is 1. The second-order valence-electron chi connectivity index (χ2n) is 6.68. The summed E-state index contributed by atoms with van der Waals surface area (Å²) in [5, 5.41) is 7.37. The van der Waals surface area contributed by atoms with Gasteiger partial charge in [-0.2, -0.15) is 0 Å². The molecule has 1 heterocycles. The molecule has 1 fully saturated rings. The lowest BCUT2D eigenvalue weighted by atomic mass is 10.1. The average molecular weight is 500 g/mol.